The second-order valence-electron chi connectivity index (χ2n) is 7.15. The maximum absolute atomic E-state index is 6.02. The number of nitrogens with two attached hydrogens (primary N) is 1. The Kier molecular flexibility index (Phi) is 4.14. The van der Waals surface area contributed by atoms with Gasteiger partial charge in [-0.25, -0.2) is 0 Å². The Morgan fingerprint density at radius 2 is 1.82 bits per heavy atom. The van der Waals surface area contributed by atoms with Gasteiger partial charge in [-0.1, -0.05) is 20.3 Å². The third-order valence-corrected chi connectivity index (χ3v) is 5.01. The zero-order valence-electron chi connectivity index (χ0n) is 11.9. The summed E-state index contributed by atoms with van der Waals surface area (Å²) in [6.07, 6.45) is 8.29. The van der Waals surface area contributed by atoms with Crippen molar-refractivity contribution in [1.29, 1.82) is 0 Å². The smallest absolute Gasteiger partial charge is 0.0100 e. The number of rotatable bonds is 2. The van der Waals surface area contributed by atoms with Crippen molar-refractivity contribution in [2.45, 2.75) is 71.4 Å². The van der Waals surface area contributed by atoms with Crippen molar-refractivity contribution in [1.82, 2.24) is 4.90 Å². The molecule has 1 saturated heterocycles. The molecule has 2 heteroatoms. The molecule has 0 radical (unpaired) electrons. The lowest BCUT2D eigenvalue weighted by Gasteiger charge is -2.44. The van der Waals surface area contributed by atoms with Gasteiger partial charge in [0.05, 0.1) is 0 Å². The van der Waals surface area contributed by atoms with Crippen molar-refractivity contribution in [2.75, 3.05) is 13.1 Å². The topological polar surface area (TPSA) is 29.3 Å². The Morgan fingerprint density at radius 1 is 1.18 bits per heavy atom. The first-order chi connectivity index (χ1) is 7.98. The molecule has 0 aromatic heterocycles. The molecule has 0 spiro atoms. The van der Waals surface area contributed by atoms with Crippen LogP contribution in [-0.4, -0.2) is 30.1 Å². The first kappa shape index (κ1) is 13.4. The van der Waals surface area contributed by atoms with Crippen LogP contribution in [0, 0.1) is 11.3 Å². The van der Waals surface area contributed by atoms with Crippen LogP contribution in [0.3, 0.4) is 0 Å². The van der Waals surface area contributed by atoms with Gasteiger partial charge in [-0.15, -0.1) is 0 Å². The molecule has 1 aliphatic heterocycles. The molecular weight excluding hydrogens is 208 g/mol. The minimum absolute atomic E-state index is 0.389. The summed E-state index contributed by atoms with van der Waals surface area (Å²) in [6, 6.07) is 1.24. The van der Waals surface area contributed by atoms with E-state index in [-0.39, 0.29) is 0 Å². The molecule has 1 heterocycles. The Morgan fingerprint density at radius 3 is 2.35 bits per heavy atom. The molecule has 2 nitrogen and oxygen atoms in total. The molecule has 1 aliphatic carbocycles. The molecule has 0 aromatic rings. The van der Waals surface area contributed by atoms with Crippen molar-refractivity contribution in [3.05, 3.63) is 0 Å². The zero-order valence-corrected chi connectivity index (χ0v) is 11.9. The summed E-state index contributed by atoms with van der Waals surface area (Å²) >= 11 is 0. The van der Waals surface area contributed by atoms with Crippen LogP contribution in [0.15, 0.2) is 0 Å². The summed E-state index contributed by atoms with van der Waals surface area (Å²) in [5, 5.41) is 0. The van der Waals surface area contributed by atoms with Crippen LogP contribution in [-0.2, 0) is 0 Å². The van der Waals surface area contributed by atoms with E-state index in [0.29, 0.717) is 11.5 Å². The van der Waals surface area contributed by atoms with E-state index in [1.807, 2.05) is 0 Å². The molecule has 0 amide bonds. The molecule has 2 aliphatic rings. The minimum atomic E-state index is 0.389. The van der Waals surface area contributed by atoms with E-state index in [2.05, 4.69) is 25.7 Å². The van der Waals surface area contributed by atoms with E-state index >= 15 is 0 Å². The highest BCUT2D eigenvalue weighted by molar-refractivity contribution is 4.88. The maximum Gasteiger partial charge on any atom is 0.0100 e. The number of hydrogen-bond acceptors (Lipinski definition) is 2. The second-order valence-corrected chi connectivity index (χ2v) is 7.15. The monoisotopic (exact) mass is 238 g/mol. The number of likely N-dealkylation sites (tertiary alicyclic amines) is 1. The number of piperidine rings is 1. The molecule has 2 rings (SSSR count). The Labute approximate surface area is 107 Å². The van der Waals surface area contributed by atoms with Gasteiger partial charge >= 0.3 is 0 Å². The Balaban J connectivity index is 1.84. The largest absolute Gasteiger partial charge is 0.328 e. The minimum Gasteiger partial charge on any atom is -0.328 e. The summed E-state index contributed by atoms with van der Waals surface area (Å²) < 4.78 is 0. The van der Waals surface area contributed by atoms with Gasteiger partial charge in [0.15, 0.2) is 0 Å². The average Bonchev–Trinajstić information content (AvgIpc) is 2.28. The fraction of sp³-hybridized carbons (Fsp3) is 1.00. The second kappa shape index (κ2) is 5.27. The van der Waals surface area contributed by atoms with Crippen LogP contribution in [0.4, 0.5) is 0 Å². The van der Waals surface area contributed by atoms with Crippen molar-refractivity contribution in [2.24, 2.45) is 17.1 Å². The van der Waals surface area contributed by atoms with E-state index in [4.69, 9.17) is 5.73 Å². The quantitative estimate of drug-likeness (QED) is 0.801. The molecule has 0 aromatic carbocycles. The van der Waals surface area contributed by atoms with Crippen molar-refractivity contribution in [3.63, 3.8) is 0 Å². The highest BCUT2D eigenvalue weighted by atomic mass is 15.2. The van der Waals surface area contributed by atoms with Gasteiger partial charge in [-0.3, -0.25) is 0 Å². The molecule has 17 heavy (non-hydrogen) atoms. The fourth-order valence-electron chi connectivity index (χ4n) is 3.78. The van der Waals surface area contributed by atoms with Gasteiger partial charge in [0, 0.05) is 12.1 Å². The zero-order chi connectivity index (χ0) is 12.5. The lowest BCUT2D eigenvalue weighted by atomic mass is 9.74. The third-order valence-electron chi connectivity index (χ3n) is 5.01. The summed E-state index contributed by atoms with van der Waals surface area (Å²) in [5.41, 5.74) is 6.59. The van der Waals surface area contributed by atoms with Crippen LogP contribution >= 0.6 is 0 Å². The summed E-state index contributed by atoms with van der Waals surface area (Å²) in [7, 11) is 0. The predicted molar refractivity (Wildman–Crippen MR) is 74.0 cm³/mol. The molecule has 100 valence electrons. The first-order valence-electron chi connectivity index (χ1n) is 7.47. The Bertz CT molecular complexity index is 239. The van der Waals surface area contributed by atoms with Crippen molar-refractivity contribution >= 4 is 0 Å². The highest BCUT2D eigenvalue weighted by Gasteiger charge is 2.33. The van der Waals surface area contributed by atoms with Crippen LogP contribution in [0.1, 0.15) is 59.3 Å². The highest BCUT2D eigenvalue weighted by Crippen LogP contribution is 2.38. The van der Waals surface area contributed by atoms with Crippen LogP contribution < -0.4 is 5.73 Å². The van der Waals surface area contributed by atoms with Gasteiger partial charge in [-0.05, 0) is 63.5 Å². The molecule has 1 saturated carbocycles. The molecule has 2 fully saturated rings. The lowest BCUT2D eigenvalue weighted by Crippen LogP contribution is -2.47. The van der Waals surface area contributed by atoms with E-state index in [0.717, 1.165) is 12.0 Å². The Hall–Kier alpha value is -0.0800. The van der Waals surface area contributed by atoms with Gasteiger partial charge in [0.1, 0.15) is 0 Å². The first-order valence-corrected chi connectivity index (χ1v) is 7.47. The fourth-order valence-corrected chi connectivity index (χ4v) is 3.78. The maximum atomic E-state index is 6.02. The van der Waals surface area contributed by atoms with Gasteiger partial charge < -0.3 is 10.6 Å². The van der Waals surface area contributed by atoms with Crippen molar-refractivity contribution in [3.8, 4) is 0 Å². The summed E-state index contributed by atoms with van der Waals surface area (Å²) in [5.74, 6) is 0.767. The van der Waals surface area contributed by atoms with Gasteiger partial charge in [-0.2, -0.15) is 0 Å². The van der Waals surface area contributed by atoms with E-state index in [1.54, 1.807) is 0 Å². The summed E-state index contributed by atoms with van der Waals surface area (Å²) in [4.78, 5) is 2.75. The van der Waals surface area contributed by atoms with Crippen LogP contribution in [0.25, 0.3) is 0 Å². The molecule has 2 unspecified atom stereocenters. The van der Waals surface area contributed by atoms with Crippen LogP contribution in [0.2, 0.25) is 0 Å². The molecule has 0 bridgehead atoms. The molecule has 2 N–H and O–H groups in total. The van der Waals surface area contributed by atoms with E-state index in [1.165, 1.54) is 51.6 Å². The average molecular weight is 238 g/mol. The molecule has 2 atom stereocenters. The third kappa shape index (κ3) is 3.45. The lowest BCUT2D eigenvalue weighted by molar-refractivity contribution is 0.0622. The molecular formula is C15H30N2. The standard InChI is InChI=1S/C15H30N2/c1-12(16)13-6-9-17(10-7-13)14-5-4-8-15(2,3)11-14/h12-14H,4-11,16H2,1-3H3. The van der Waals surface area contributed by atoms with E-state index in [9.17, 15) is 0 Å². The van der Waals surface area contributed by atoms with E-state index < -0.39 is 0 Å². The number of nitrogens with zero attached hydrogens (tertiary/aromatic N) is 1. The van der Waals surface area contributed by atoms with Gasteiger partial charge in [0.2, 0.25) is 0 Å². The summed E-state index contributed by atoms with van der Waals surface area (Å²) in [6.45, 7) is 9.62. The SMILES string of the molecule is CC(N)C1CCN(C2CCCC(C)(C)C2)CC1. The van der Waals surface area contributed by atoms with Gasteiger partial charge in [0.25, 0.3) is 0 Å². The van der Waals surface area contributed by atoms with Crippen LogP contribution in [0.5, 0.6) is 0 Å². The van der Waals surface area contributed by atoms with Crippen molar-refractivity contribution < 1.29 is 0 Å². The normalized spacial score (nSPS) is 33.5. The number of hydrogen-bond donors (Lipinski definition) is 1. The predicted octanol–water partition coefficient (Wildman–Crippen LogP) is 3.01.